The van der Waals surface area contributed by atoms with Crippen molar-refractivity contribution in [2.75, 3.05) is 31.6 Å². The normalized spacial score (nSPS) is 15.1. The number of rotatable bonds is 8. The van der Waals surface area contributed by atoms with Crippen LogP contribution in [-0.4, -0.2) is 54.5 Å². The molecule has 1 aliphatic rings. The zero-order valence-electron chi connectivity index (χ0n) is 19.1. The fraction of sp³-hybridized carbons (Fsp3) is 0.417. The summed E-state index contributed by atoms with van der Waals surface area (Å²) in [6, 6.07) is 12.8. The SMILES string of the molecule is CCCn1c(CCC(=O)Nc2ccccc2C)nc2cc(S(=O)(=O)N3CCOCC3)ccc21. The Bertz CT molecular complexity index is 1250. The van der Waals surface area contributed by atoms with Crippen LogP contribution in [0, 0.1) is 6.92 Å². The molecule has 0 unspecified atom stereocenters. The standard InChI is InChI=1S/C24H30N4O4S/c1-3-12-28-22-9-8-19(33(30,31)27-13-15-32-16-14-27)17-21(22)25-23(28)10-11-24(29)26-20-7-5-4-6-18(20)2/h4-9,17H,3,10-16H2,1-2H3,(H,26,29). The van der Waals surface area contributed by atoms with Crippen molar-refractivity contribution in [3.8, 4) is 0 Å². The van der Waals surface area contributed by atoms with Crippen LogP contribution in [0.3, 0.4) is 0 Å². The first kappa shape index (κ1) is 23.4. The zero-order chi connectivity index (χ0) is 23.4. The number of aryl methyl sites for hydroxylation is 3. The minimum Gasteiger partial charge on any atom is -0.379 e. The third-order valence-corrected chi connectivity index (χ3v) is 7.74. The predicted molar refractivity (Wildman–Crippen MR) is 128 cm³/mol. The van der Waals surface area contributed by atoms with Gasteiger partial charge in [0.05, 0.1) is 29.1 Å². The van der Waals surface area contributed by atoms with E-state index in [1.54, 1.807) is 12.1 Å². The summed E-state index contributed by atoms with van der Waals surface area (Å²) in [7, 11) is -3.59. The largest absolute Gasteiger partial charge is 0.379 e. The molecule has 8 nitrogen and oxygen atoms in total. The first-order chi connectivity index (χ1) is 15.9. The lowest BCUT2D eigenvalue weighted by atomic mass is 10.2. The molecule has 33 heavy (non-hydrogen) atoms. The number of hydrogen-bond donors (Lipinski definition) is 1. The Labute approximate surface area is 194 Å². The van der Waals surface area contributed by atoms with Gasteiger partial charge in [-0.1, -0.05) is 25.1 Å². The topological polar surface area (TPSA) is 93.5 Å². The Morgan fingerprint density at radius 3 is 2.64 bits per heavy atom. The number of nitrogens with zero attached hydrogens (tertiary/aromatic N) is 3. The Morgan fingerprint density at radius 1 is 1.15 bits per heavy atom. The van der Waals surface area contributed by atoms with Crippen LogP contribution in [0.2, 0.25) is 0 Å². The van der Waals surface area contributed by atoms with E-state index in [0.717, 1.165) is 35.6 Å². The number of ether oxygens (including phenoxy) is 1. The molecule has 1 amide bonds. The number of amides is 1. The van der Waals surface area contributed by atoms with Gasteiger partial charge in [-0.3, -0.25) is 4.79 Å². The number of carbonyl (C=O) groups is 1. The number of morpholine rings is 1. The van der Waals surface area contributed by atoms with Crippen LogP contribution >= 0.6 is 0 Å². The number of aromatic nitrogens is 2. The average Bonchev–Trinajstić information content (AvgIpc) is 3.17. The van der Waals surface area contributed by atoms with E-state index in [4.69, 9.17) is 9.72 Å². The molecule has 3 aromatic rings. The van der Waals surface area contributed by atoms with Crippen LogP contribution in [0.4, 0.5) is 5.69 Å². The van der Waals surface area contributed by atoms with E-state index in [-0.39, 0.29) is 10.8 Å². The molecule has 9 heteroatoms. The fourth-order valence-corrected chi connectivity index (χ4v) is 5.50. The first-order valence-corrected chi connectivity index (χ1v) is 12.8. The van der Waals surface area contributed by atoms with Crippen LogP contribution in [0.5, 0.6) is 0 Å². The van der Waals surface area contributed by atoms with Gasteiger partial charge in [0.25, 0.3) is 0 Å². The Kier molecular flexibility index (Phi) is 7.11. The molecule has 0 saturated carbocycles. The number of nitrogens with one attached hydrogen (secondary N) is 1. The lowest BCUT2D eigenvalue weighted by Gasteiger charge is -2.26. The summed E-state index contributed by atoms with van der Waals surface area (Å²) in [4.78, 5) is 17.5. The number of fused-ring (bicyclic) bond motifs is 1. The molecule has 0 spiro atoms. The monoisotopic (exact) mass is 470 g/mol. The van der Waals surface area contributed by atoms with Crippen LogP contribution < -0.4 is 5.32 Å². The van der Waals surface area contributed by atoms with Gasteiger partial charge in [-0.15, -0.1) is 0 Å². The van der Waals surface area contributed by atoms with Gasteiger partial charge in [0, 0.05) is 38.2 Å². The van der Waals surface area contributed by atoms with Gasteiger partial charge in [-0.2, -0.15) is 4.31 Å². The van der Waals surface area contributed by atoms with E-state index in [2.05, 4.69) is 16.8 Å². The third kappa shape index (κ3) is 5.10. The number of carbonyl (C=O) groups excluding carboxylic acids is 1. The predicted octanol–water partition coefficient (Wildman–Crippen LogP) is 3.35. The molecule has 0 atom stereocenters. The van der Waals surface area contributed by atoms with Crippen molar-refractivity contribution in [2.24, 2.45) is 0 Å². The zero-order valence-corrected chi connectivity index (χ0v) is 19.9. The maximum absolute atomic E-state index is 13.0. The molecule has 1 fully saturated rings. The van der Waals surface area contributed by atoms with Gasteiger partial charge in [0.1, 0.15) is 5.82 Å². The molecule has 0 bridgehead atoms. The Balaban J connectivity index is 1.55. The highest BCUT2D eigenvalue weighted by Gasteiger charge is 2.27. The molecule has 176 valence electrons. The molecule has 1 aliphatic heterocycles. The number of para-hydroxylation sites is 1. The van der Waals surface area contributed by atoms with E-state index < -0.39 is 10.0 Å². The van der Waals surface area contributed by atoms with E-state index in [9.17, 15) is 13.2 Å². The van der Waals surface area contributed by atoms with Crippen LogP contribution in [0.15, 0.2) is 47.4 Å². The summed E-state index contributed by atoms with van der Waals surface area (Å²) in [5, 5.41) is 2.96. The molecule has 2 heterocycles. The molecule has 1 N–H and O–H groups in total. The molecular weight excluding hydrogens is 440 g/mol. The van der Waals surface area contributed by atoms with E-state index >= 15 is 0 Å². The van der Waals surface area contributed by atoms with Crippen molar-refractivity contribution in [3.63, 3.8) is 0 Å². The lowest BCUT2D eigenvalue weighted by Crippen LogP contribution is -2.40. The van der Waals surface area contributed by atoms with Gasteiger partial charge >= 0.3 is 0 Å². The molecule has 0 aliphatic carbocycles. The average molecular weight is 471 g/mol. The molecular formula is C24H30N4O4S. The number of anilines is 1. The molecule has 4 rings (SSSR count). The number of imidazole rings is 1. The van der Waals surface area contributed by atoms with Crippen molar-refractivity contribution in [1.29, 1.82) is 0 Å². The number of benzene rings is 2. The smallest absolute Gasteiger partial charge is 0.243 e. The second kappa shape index (κ2) is 10.0. The highest BCUT2D eigenvalue weighted by atomic mass is 32.2. The maximum atomic E-state index is 13.0. The summed E-state index contributed by atoms with van der Waals surface area (Å²) in [6.45, 7) is 6.30. The summed E-state index contributed by atoms with van der Waals surface area (Å²) < 4.78 is 34.9. The number of hydrogen-bond acceptors (Lipinski definition) is 5. The van der Waals surface area contributed by atoms with Crippen LogP contribution in [0.25, 0.3) is 11.0 Å². The quantitative estimate of drug-likeness (QED) is 0.545. The highest BCUT2D eigenvalue weighted by Crippen LogP contribution is 2.24. The van der Waals surface area contributed by atoms with Gasteiger partial charge in [-0.05, 0) is 43.2 Å². The molecule has 1 saturated heterocycles. The minimum atomic E-state index is -3.59. The van der Waals surface area contributed by atoms with Crippen LogP contribution in [-0.2, 0) is 32.5 Å². The third-order valence-electron chi connectivity index (χ3n) is 5.85. The first-order valence-electron chi connectivity index (χ1n) is 11.3. The van der Waals surface area contributed by atoms with Crippen LogP contribution in [0.1, 0.15) is 31.2 Å². The van der Waals surface area contributed by atoms with Crippen molar-refractivity contribution in [3.05, 3.63) is 53.9 Å². The highest BCUT2D eigenvalue weighted by molar-refractivity contribution is 7.89. The van der Waals surface area contributed by atoms with Crippen molar-refractivity contribution in [1.82, 2.24) is 13.9 Å². The summed E-state index contributed by atoms with van der Waals surface area (Å²) in [5.41, 5.74) is 3.33. The van der Waals surface area contributed by atoms with Gasteiger partial charge < -0.3 is 14.6 Å². The molecule has 1 aromatic heterocycles. The summed E-state index contributed by atoms with van der Waals surface area (Å²) in [5.74, 6) is 0.711. The Hall–Kier alpha value is -2.75. The van der Waals surface area contributed by atoms with Crippen molar-refractivity contribution >= 4 is 32.7 Å². The van der Waals surface area contributed by atoms with Gasteiger partial charge in [0.2, 0.25) is 15.9 Å². The van der Waals surface area contributed by atoms with Gasteiger partial charge in [0.15, 0.2) is 0 Å². The van der Waals surface area contributed by atoms with Crippen molar-refractivity contribution in [2.45, 2.75) is 44.6 Å². The number of sulfonamides is 1. The van der Waals surface area contributed by atoms with E-state index in [1.165, 1.54) is 4.31 Å². The van der Waals surface area contributed by atoms with Crippen molar-refractivity contribution < 1.29 is 17.9 Å². The second-order valence-electron chi connectivity index (χ2n) is 8.21. The fourth-order valence-electron chi connectivity index (χ4n) is 4.07. The maximum Gasteiger partial charge on any atom is 0.243 e. The second-order valence-corrected chi connectivity index (χ2v) is 10.1. The lowest BCUT2D eigenvalue weighted by molar-refractivity contribution is -0.116. The van der Waals surface area contributed by atoms with E-state index in [0.29, 0.717) is 44.7 Å². The van der Waals surface area contributed by atoms with Gasteiger partial charge in [-0.25, -0.2) is 13.4 Å². The summed E-state index contributed by atoms with van der Waals surface area (Å²) >= 11 is 0. The van der Waals surface area contributed by atoms with E-state index in [1.807, 2.05) is 37.3 Å². The summed E-state index contributed by atoms with van der Waals surface area (Å²) in [6.07, 6.45) is 1.67. The molecule has 2 aromatic carbocycles. The minimum absolute atomic E-state index is 0.0741. The Morgan fingerprint density at radius 2 is 1.91 bits per heavy atom. The molecule has 0 radical (unpaired) electrons.